The van der Waals surface area contributed by atoms with E-state index < -0.39 is 0 Å². The second-order valence-electron chi connectivity index (χ2n) is 3.44. The van der Waals surface area contributed by atoms with E-state index >= 15 is 0 Å². The molecule has 80 valence electrons. The summed E-state index contributed by atoms with van der Waals surface area (Å²) >= 11 is 0. The fourth-order valence-corrected chi connectivity index (χ4v) is 1.35. The summed E-state index contributed by atoms with van der Waals surface area (Å²) in [5.74, 6) is 0. The van der Waals surface area contributed by atoms with Crippen LogP contribution in [0.2, 0.25) is 0 Å². The minimum Gasteiger partial charge on any atom is -0.395 e. The van der Waals surface area contributed by atoms with Gasteiger partial charge in [-0.15, -0.1) is 0 Å². The molecule has 15 heavy (non-hydrogen) atoms. The summed E-state index contributed by atoms with van der Waals surface area (Å²) in [7, 11) is 0. The zero-order valence-electron chi connectivity index (χ0n) is 8.69. The highest BCUT2D eigenvalue weighted by Crippen LogP contribution is 2.01. The molecule has 1 aromatic rings. The van der Waals surface area contributed by atoms with Crippen LogP contribution in [-0.2, 0) is 6.54 Å². The predicted molar refractivity (Wildman–Crippen MR) is 59.0 cm³/mol. The molecule has 0 saturated carbocycles. The van der Waals surface area contributed by atoms with Crippen LogP contribution in [0.1, 0.15) is 18.4 Å². The van der Waals surface area contributed by atoms with E-state index in [1.54, 1.807) is 0 Å². The largest absolute Gasteiger partial charge is 0.395 e. The van der Waals surface area contributed by atoms with Crippen molar-refractivity contribution < 1.29 is 5.11 Å². The summed E-state index contributed by atoms with van der Waals surface area (Å²) in [6.45, 7) is 0.812. The molecule has 2 N–H and O–H groups in total. The monoisotopic (exact) mass is 204 g/mol. The Balaban J connectivity index is 2.31. The smallest absolute Gasteiger partial charge is 0.0622 e. The van der Waals surface area contributed by atoms with Crippen molar-refractivity contribution in [3.8, 4) is 6.07 Å². The van der Waals surface area contributed by atoms with Crippen LogP contribution in [0.25, 0.3) is 0 Å². The first-order valence-corrected chi connectivity index (χ1v) is 5.12. The Kier molecular flexibility index (Phi) is 5.46. The summed E-state index contributed by atoms with van der Waals surface area (Å²) < 4.78 is 0. The van der Waals surface area contributed by atoms with E-state index in [2.05, 4.69) is 11.4 Å². The number of rotatable bonds is 6. The predicted octanol–water partition coefficient (Wildman–Crippen LogP) is 1.44. The topological polar surface area (TPSA) is 56.0 Å². The second kappa shape index (κ2) is 6.99. The van der Waals surface area contributed by atoms with Gasteiger partial charge >= 0.3 is 0 Å². The van der Waals surface area contributed by atoms with Crippen LogP contribution in [0.3, 0.4) is 0 Å². The van der Waals surface area contributed by atoms with Crippen LogP contribution in [0.4, 0.5) is 0 Å². The molecular formula is C12H16N2O. The van der Waals surface area contributed by atoms with Crippen molar-refractivity contribution in [3.05, 3.63) is 35.9 Å². The molecule has 3 nitrogen and oxygen atoms in total. The first-order valence-electron chi connectivity index (χ1n) is 5.12. The molecule has 0 amide bonds. The maximum absolute atomic E-state index is 9.06. The average Bonchev–Trinajstić information content (AvgIpc) is 2.31. The van der Waals surface area contributed by atoms with Gasteiger partial charge in [0, 0.05) is 19.0 Å². The fourth-order valence-electron chi connectivity index (χ4n) is 1.35. The average molecular weight is 204 g/mol. The quantitative estimate of drug-likeness (QED) is 0.737. The summed E-state index contributed by atoms with van der Waals surface area (Å²) in [6.07, 6.45) is 1.17. The Morgan fingerprint density at radius 1 is 1.33 bits per heavy atom. The first kappa shape index (κ1) is 11.7. The lowest BCUT2D eigenvalue weighted by atomic mass is 10.1. The maximum atomic E-state index is 9.06. The summed E-state index contributed by atoms with van der Waals surface area (Å²) in [5, 5.41) is 20.7. The number of nitriles is 1. The molecule has 0 radical (unpaired) electrons. The molecule has 1 unspecified atom stereocenters. The Labute approximate surface area is 90.4 Å². The molecule has 1 rings (SSSR count). The van der Waals surface area contributed by atoms with Gasteiger partial charge in [0.1, 0.15) is 0 Å². The molecule has 0 aliphatic heterocycles. The Morgan fingerprint density at radius 3 is 2.67 bits per heavy atom. The minimum absolute atomic E-state index is 0.0184. The van der Waals surface area contributed by atoms with E-state index in [4.69, 9.17) is 10.4 Å². The molecule has 1 atom stereocenters. The maximum Gasteiger partial charge on any atom is 0.0622 e. The van der Waals surface area contributed by atoms with E-state index in [0.29, 0.717) is 12.8 Å². The Bertz CT molecular complexity index is 305. The highest BCUT2D eigenvalue weighted by molar-refractivity contribution is 5.14. The van der Waals surface area contributed by atoms with Crippen molar-refractivity contribution in [1.29, 1.82) is 5.26 Å². The molecule has 3 heteroatoms. The molecule has 0 aromatic heterocycles. The van der Waals surface area contributed by atoms with Crippen molar-refractivity contribution >= 4 is 0 Å². The third-order valence-electron chi connectivity index (χ3n) is 2.26. The van der Waals surface area contributed by atoms with Gasteiger partial charge in [-0.3, -0.25) is 0 Å². The van der Waals surface area contributed by atoms with Gasteiger partial charge in [0.2, 0.25) is 0 Å². The van der Waals surface area contributed by atoms with Gasteiger partial charge in [-0.05, 0) is 12.0 Å². The van der Waals surface area contributed by atoms with Gasteiger partial charge in [0.25, 0.3) is 0 Å². The number of hydrogen-bond acceptors (Lipinski definition) is 3. The highest BCUT2D eigenvalue weighted by atomic mass is 16.3. The normalized spacial score (nSPS) is 12.0. The van der Waals surface area contributed by atoms with E-state index in [1.165, 1.54) is 5.56 Å². The minimum atomic E-state index is 0.0184. The summed E-state index contributed by atoms with van der Waals surface area (Å²) in [5.41, 5.74) is 1.19. The zero-order chi connectivity index (χ0) is 10.9. The number of aliphatic hydroxyl groups excluding tert-OH is 1. The standard InChI is InChI=1S/C12H16N2O/c13-8-4-7-12(10-15)14-9-11-5-2-1-3-6-11/h1-3,5-6,12,14-15H,4,7,9-10H2. The van der Waals surface area contributed by atoms with E-state index in [-0.39, 0.29) is 12.6 Å². The van der Waals surface area contributed by atoms with Crippen LogP contribution >= 0.6 is 0 Å². The van der Waals surface area contributed by atoms with E-state index in [1.807, 2.05) is 30.3 Å². The molecule has 0 bridgehead atoms. The van der Waals surface area contributed by atoms with Crippen LogP contribution in [0.15, 0.2) is 30.3 Å². The van der Waals surface area contributed by atoms with Crippen LogP contribution in [-0.4, -0.2) is 17.8 Å². The van der Waals surface area contributed by atoms with E-state index in [9.17, 15) is 0 Å². The Hall–Kier alpha value is -1.37. The van der Waals surface area contributed by atoms with Crippen molar-refractivity contribution in [1.82, 2.24) is 5.32 Å². The third-order valence-corrected chi connectivity index (χ3v) is 2.26. The summed E-state index contributed by atoms with van der Waals surface area (Å²) in [6, 6.07) is 12.1. The van der Waals surface area contributed by atoms with Crippen molar-refractivity contribution in [3.63, 3.8) is 0 Å². The molecule has 1 aromatic carbocycles. The lowest BCUT2D eigenvalue weighted by Crippen LogP contribution is -2.31. The van der Waals surface area contributed by atoms with Crippen LogP contribution < -0.4 is 5.32 Å². The lowest BCUT2D eigenvalue weighted by molar-refractivity contribution is 0.236. The van der Waals surface area contributed by atoms with Gasteiger partial charge in [-0.2, -0.15) is 5.26 Å². The van der Waals surface area contributed by atoms with E-state index in [0.717, 1.165) is 6.54 Å². The number of nitrogens with one attached hydrogen (secondary N) is 1. The molecule has 0 heterocycles. The third kappa shape index (κ3) is 4.59. The van der Waals surface area contributed by atoms with Gasteiger partial charge in [-0.25, -0.2) is 0 Å². The van der Waals surface area contributed by atoms with Gasteiger partial charge in [-0.1, -0.05) is 30.3 Å². The number of aliphatic hydroxyl groups is 1. The molecule has 0 spiro atoms. The molecule has 0 fully saturated rings. The number of hydrogen-bond donors (Lipinski definition) is 2. The molecule has 0 saturated heterocycles. The molecular weight excluding hydrogens is 188 g/mol. The number of benzene rings is 1. The zero-order valence-corrected chi connectivity index (χ0v) is 8.69. The Morgan fingerprint density at radius 2 is 2.07 bits per heavy atom. The molecule has 0 aliphatic carbocycles. The van der Waals surface area contributed by atoms with Gasteiger partial charge in [0.05, 0.1) is 12.7 Å². The second-order valence-corrected chi connectivity index (χ2v) is 3.44. The first-order chi connectivity index (χ1) is 7.36. The van der Waals surface area contributed by atoms with Crippen molar-refractivity contribution in [2.45, 2.75) is 25.4 Å². The van der Waals surface area contributed by atoms with Gasteiger partial charge in [0.15, 0.2) is 0 Å². The van der Waals surface area contributed by atoms with Crippen LogP contribution in [0, 0.1) is 11.3 Å². The van der Waals surface area contributed by atoms with Crippen LogP contribution in [0.5, 0.6) is 0 Å². The highest BCUT2D eigenvalue weighted by Gasteiger charge is 2.05. The molecule has 0 aliphatic rings. The van der Waals surface area contributed by atoms with Gasteiger partial charge < -0.3 is 10.4 Å². The van der Waals surface area contributed by atoms with Crippen molar-refractivity contribution in [2.24, 2.45) is 0 Å². The number of nitrogens with zero attached hydrogens (tertiary/aromatic N) is 1. The SMILES string of the molecule is N#CCCC(CO)NCc1ccccc1. The van der Waals surface area contributed by atoms with Crippen molar-refractivity contribution in [2.75, 3.05) is 6.61 Å². The lowest BCUT2D eigenvalue weighted by Gasteiger charge is -2.14. The fraction of sp³-hybridized carbons (Fsp3) is 0.417. The summed E-state index contributed by atoms with van der Waals surface area (Å²) in [4.78, 5) is 0.